The van der Waals surface area contributed by atoms with E-state index < -0.39 is 6.10 Å². The summed E-state index contributed by atoms with van der Waals surface area (Å²) in [6, 6.07) is 8.43. The second-order valence-corrected chi connectivity index (χ2v) is 6.97. The number of nitrogens with one attached hydrogen (secondary N) is 1. The van der Waals surface area contributed by atoms with Crippen LogP contribution in [-0.4, -0.2) is 30.4 Å². The first-order chi connectivity index (χ1) is 9.97. The van der Waals surface area contributed by atoms with E-state index in [4.69, 9.17) is 4.74 Å². The predicted octanol–water partition coefficient (Wildman–Crippen LogP) is 3.29. The first-order valence-electron chi connectivity index (χ1n) is 8.08. The molecule has 118 valence electrons. The first kappa shape index (κ1) is 16.3. The Bertz CT molecular complexity index is 427. The van der Waals surface area contributed by atoms with Crippen LogP contribution < -0.4 is 10.1 Å². The molecule has 0 aromatic heterocycles. The molecule has 1 saturated carbocycles. The van der Waals surface area contributed by atoms with E-state index in [1.807, 2.05) is 24.3 Å². The summed E-state index contributed by atoms with van der Waals surface area (Å²) in [7, 11) is 0. The first-order valence-corrected chi connectivity index (χ1v) is 8.08. The highest BCUT2D eigenvalue weighted by molar-refractivity contribution is 5.26. The van der Waals surface area contributed by atoms with Gasteiger partial charge in [-0.15, -0.1) is 0 Å². The molecule has 0 amide bonds. The van der Waals surface area contributed by atoms with Crippen LogP contribution in [0.5, 0.6) is 5.75 Å². The third kappa shape index (κ3) is 5.01. The van der Waals surface area contributed by atoms with Crippen LogP contribution in [0.3, 0.4) is 0 Å². The highest BCUT2D eigenvalue weighted by Crippen LogP contribution is 2.35. The van der Waals surface area contributed by atoms with Crippen molar-refractivity contribution in [3.8, 4) is 5.75 Å². The molecule has 0 heterocycles. The molecule has 0 saturated heterocycles. The molecule has 0 spiro atoms. The van der Waals surface area contributed by atoms with Gasteiger partial charge in [-0.25, -0.2) is 0 Å². The largest absolute Gasteiger partial charge is 0.491 e. The van der Waals surface area contributed by atoms with E-state index in [-0.39, 0.29) is 0 Å². The molecule has 1 aliphatic carbocycles. The lowest BCUT2D eigenvalue weighted by atomic mass is 9.73. The maximum atomic E-state index is 10.1. The normalized spacial score (nSPS) is 22.8. The Morgan fingerprint density at radius 1 is 1.29 bits per heavy atom. The van der Waals surface area contributed by atoms with Crippen molar-refractivity contribution in [1.82, 2.24) is 5.32 Å². The number of hydrogen-bond donors (Lipinski definition) is 2. The third-order valence-electron chi connectivity index (χ3n) is 4.57. The topological polar surface area (TPSA) is 41.5 Å². The average molecular weight is 291 g/mol. The third-order valence-corrected chi connectivity index (χ3v) is 4.57. The van der Waals surface area contributed by atoms with E-state index in [2.05, 4.69) is 26.1 Å². The summed E-state index contributed by atoms with van der Waals surface area (Å²) in [6.07, 6.45) is 4.62. The summed E-state index contributed by atoms with van der Waals surface area (Å²) in [5.74, 6) is 0.817. The summed E-state index contributed by atoms with van der Waals surface area (Å²) in [4.78, 5) is 0. The van der Waals surface area contributed by atoms with Gasteiger partial charge in [0.25, 0.3) is 0 Å². The van der Waals surface area contributed by atoms with Gasteiger partial charge in [-0.3, -0.25) is 0 Å². The van der Waals surface area contributed by atoms with Crippen molar-refractivity contribution in [3.05, 3.63) is 29.8 Å². The smallest absolute Gasteiger partial charge is 0.119 e. The zero-order valence-corrected chi connectivity index (χ0v) is 13.6. The second-order valence-electron chi connectivity index (χ2n) is 6.97. The van der Waals surface area contributed by atoms with Gasteiger partial charge in [-0.2, -0.15) is 0 Å². The van der Waals surface area contributed by atoms with Gasteiger partial charge in [0.1, 0.15) is 18.5 Å². The fraction of sp³-hybridized carbons (Fsp3) is 0.667. The van der Waals surface area contributed by atoms with E-state index >= 15 is 0 Å². The van der Waals surface area contributed by atoms with Gasteiger partial charge in [0, 0.05) is 12.6 Å². The van der Waals surface area contributed by atoms with Gasteiger partial charge in [-0.05, 0) is 37.3 Å². The fourth-order valence-corrected chi connectivity index (χ4v) is 3.04. The number of aliphatic hydroxyl groups excluding tert-OH is 1. The van der Waals surface area contributed by atoms with Crippen molar-refractivity contribution >= 4 is 0 Å². The van der Waals surface area contributed by atoms with E-state index in [1.54, 1.807) is 0 Å². The molecular formula is C18H29NO2. The lowest BCUT2D eigenvalue weighted by Crippen LogP contribution is -2.47. The minimum absolute atomic E-state index is 0.329. The Kier molecular flexibility index (Phi) is 5.65. The molecular weight excluding hydrogens is 262 g/mol. The van der Waals surface area contributed by atoms with Gasteiger partial charge in [0.15, 0.2) is 0 Å². The van der Waals surface area contributed by atoms with Crippen LogP contribution in [0.2, 0.25) is 0 Å². The number of hydrogen-bond acceptors (Lipinski definition) is 3. The molecule has 2 N–H and O–H groups in total. The molecule has 3 heteroatoms. The van der Waals surface area contributed by atoms with Crippen LogP contribution in [-0.2, 0) is 0 Å². The van der Waals surface area contributed by atoms with Crippen molar-refractivity contribution in [2.45, 2.75) is 58.6 Å². The average Bonchev–Trinajstić information content (AvgIpc) is 2.45. The van der Waals surface area contributed by atoms with Crippen LogP contribution in [0.15, 0.2) is 24.3 Å². The van der Waals surface area contributed by atoms with Crippen LogP contribution in [0, 0.1) is 12.3 Å². The molecule has 2 unspecified atom stereocenters. The number of aryl methyl sites for hydroxylation is 1. The molecule has 21 heavy (non-hydrogen) atoms. The van der Waals surface area contributed by atoms with E-state index in [0.717, 1.165) is 5.75 Å². The van der Waals surface area contributed by atoms with Gasteiger partial charge < -0.3 is 15.2 Å². The lowest BCUT2D eigenvalue weighted by Gasteiger charge is -2.39. The maximum Gasteiger partial charge on any atom is 0.119 e. The number of benzene rings is 1. The summed E-state index contributed by atoms with van der Waals surface area (Å²) in [6.45, 7) is 7.62. The molecule has 2 rings (SSSR count). The van der Waals surface area contributed by atoms with Crippen LogP contribution in [0.1, 0.15) is 45.1 Å². The van der Waals surface area contributed by atoms with E-state index in [9.17, 15) is 5.11 Å². The number of ether oxygens (including phenoxy) is 1. The zero-order chi connectivity index (χ0) is 15.3. The lowest BCUT2D eigenvalue weighted by molar-refractivity contribution is 0.0878. The summed E-state index contributed by atoms with van der Waals surface area (Å²) >= 11 is 0. The van der Waals surface area contributed by atoms with Crippen molar-refractivity contribution < 1.29 is 9.84 Å². The van der Waals surface area contributed by atoms with Crippen LogP contribution in [0.25, 0.3) is 0 Å². The second kappa shape index (κ2) is 7.28. The molecule has 0 bridgehead atoms. The Balaban J connectivity index is 1.72. The molecule has 1 aliphatic rings. The molecule has 3 nitrogen and oxygen atoms in total. The highest BCUT2D eigenvalue weighted by Gasteiger charge is 2.31. The molecule has 1 fully saturated rings. The van der Waals surface area contributed by atoms with Crippen molar-refractivity contribution in [2.75, 3.05) is 13.2 Å². The Morgan fingerprint density at radius 2 is 2.00 bits per heavy atom. The summed E-state index contributed by atoms with van der Waals surface area (Å²) < 4.78 is 5.62. The van der Waals surface area contributed by atoms with Gasteiger partial charge in [0.2, 0.25) is 0 Å². The Labute approximate surface area is 128 Å². The minimum atomic E-state index is -0.468. The van der Waals surface area contributed by atoms with Gasteiger partial charge >= 0.3 is 0 Å². The minimum Gasteiger partial charge on any atom is -0.491 e. The predicted molar refractivity (Wildman–Crippen MR) is 86.7 cm³/mol. The monoisotopic (exact) mass is 291 g/mol. The molecule has 1 aromatic carbocycles. The highest BCUT2D eigenvalue weighted by atomic mass is 16.5. The fourth-order valence-electron chi connectivity index (χ4n) is 3.04. The van der Waals surface area contributed by atoms with Gasteiger partial charge in [0.05, 0.1) is 0 Å². The van der Waals surface area contributed by atoms with Crippen molar-refractivity contribution in [1.29, 1.82) is 0 Å². The summed E-state index contributed by atoms with van der Waals surface area (Å²) in [5.41, 5.74) is 1.54. The Hall–Kier alpha value is -1.06. The van der Waals surface area contributed by atoms with Crippen LogP contribution in [0.4, 0.5) is 0 Å². The maximum absolute atomic E-state index is 10.1. The van der Waals surface area contributed by atoms with Crippen molar-refractivity contribution in [2.24, 2.45) is 5.41 Å². The standard InChI is InChI=1S/C18H29NO2/c1-14-7-9-16(10-8-14)21-13-15(20)12-19-17-6-4-5-11-18(17,2)3/h7-10,15,17,19-20H,4-6,11-13H2,1-3H3. The summed E-state index contributed by atoms with van der Waals surface area (Å²) in [5, 5.41) is 13.6. The van der Waals surface area contributed by atoms with Crippen LogP contribution >= 0.6 is 0 Å². The molecule has 0 aliphatic heterocycles. The molecule has 2 atom stereocenters. The number of rotatable bonds is 6. The van der Waals surface area contributed by atoms with Gasteiger partial charge in [-0.1, -0.05) is 44.4 Å². The molecule has 0 radical (unpaired) electrons. The number of aliphatic hydroxyl groups is 1. The zero-order valence-electron chi connectivity index (χ0n) is 13.6. The molecule has 1 aromatic rings. The Morgan fingerprint density at radius 3 is 2.67 bits per heavy atom. The SMILES string of the molecule is Cc1ccc(OCC(O)CNC2CCCCC2(C)C)cc1. The van der Waals surface area contributed by atoms with E-state index in [0.29, 0.717) is 24.6 Å². The van der Waals surface area contributed by atoms with Crippen molar-refractivity contribution in [3.63, 3.8) is 0 Å². The quantitative estimate of drug-likeness (QED) is 0.845. The van der Waals surface area contributed by atoms with E-state index in [1.165, 1.54) is 31.2 Å².